The smallest absolute Gasteiger partial charge is 0.309 e. The molecule has 0 bridgehead atoms. The molecule has 88 valence electrons. The molecule has 0 saturated carbocycles. The number of fused-ring (bicyclic) bond motifs is 1. The number of carbonyl (C=O) groups excluding carboxylic acids is 1. The lowest BCUT2D eigenvalue weighted by atomic mass is 10.1. The maximum atomic E-state index is 11.2. The van der Waals surface area contributed by atoms with E-state index in [1.54, 1.807) is 11.3 Å². The van der Waals surface area contributed by atoms with E-state index in [2.05, 4.69) is 23.6 Å². The zero-order chi connectivity index (χ0) is 12.1. The van der Waals surface area contributed by atoms with E-state index in [1.807, 2.05) is 25.1 Å². The van der Waals surface area contributed by atoms with E-state index in [0.717, 1.165) is 5.56 Å². The Hall–Kier alpha value is -1.61. The molecule has 2 nitrogen and oxygen atoms in total. The Labute approximate surface area is 105 Å². The molecule has 0 saturated heterocycles. The van der Waals surface area contributed by atoms with Crippen molar-refractivity contribution in [1.82, 2.24) is 0 Å². The van der Waals surface area contributed by atoms with Gasteiger partial charge in [-0.2, -0.15) is 0 Å². The Morgan fingerprint density at radius 2 is 2.29 bits per heavy atom. The fraction of sp³-hybridized carbons (Fsp3) is 0.214. The van der Waals surface area contributed by atoms with Crippen LogP contribution >= 0.6 is 11.3 Å². The van der Waals surface area contributed by atoms with Crippen molar-refractivity contribution >= 4 is 33.5 Å². The molecular weight excluding hydrogens is 232 g/mol. The first-order chi connectivity index (χ1) is 8.31. The number of hydrogen-bond acceptors (Lipinski definition) is 3. The minimum Gasteiger partial charge on any atom is -0.466 e. The third-order valence-corrected chi connectivity index (χ3v) is 3.30. The number of benzene rings is 1. The fourth-order valence-corrected chi connectivity index (χ4v) is 2.49. The summed E-state index contributed by atoms with van der Waals surface area (Å²) in [5.41, 5.74) is 1.15. The third kappa shape index (κ3) is 2.94. The van der Waals surface area contributed by atoms with Crippen molar-refractivity contribution in [1.29, 1.82) is 0 Å². The Morgan fingerprint density at radius 3 is 3.12 bits per heavy atom. The number of thiophene rings is 1. The van der Waals surface area contributed by atoms with Gasteiger partial charge in [0.15, 0.2) is 0 Å². The van der Waals surface area contributed by atoms with Gasteiger partial charge in [0.05, 0.1) is 13.0 Å². The molecule has 0 radical (unpaired) electrons. The molecule has 0 atom stereocenters. The predicted molar refractivity (Wildman–Crippen MR) is 72.1 cm³/mol. The van der Waals surface area contributed by atoms with Crippen molar-refractivity contribution < 1.29 is 9.53 Å². The number of carbonyl (C=O) groups is 1. The third-order valence-electron chi connectivity index (χ3n) is 2.42. The lowest BCUT2D eigenvalue weighted by molar-refractivity contribution is -0.142. The summed E-state index contributed by atoms with van der Waals surface area (Å²) in [7, 11) is 0. The molecule has 0 fully saturated rings. The molecular formula is C14H14O2S. The molecule has 0 aliphatic rings. The summed E-state index contributed by atoms with van der Waals surface area (Å²) in [5.74, 6) is -0.179. The summed E-state index contributed by atoms with van der Waals surface area (Å²) in [6, 6.07) is 8.28. The lowest BCUT2D eigenvalue weighted by Crippen LogP contribution is -2.01. The Bertz CT molecular complexity index is 540. The van der Waals surface area contributed by atoms with Gasteiger partial charge in [-0.05, 0) is 35.4 Å². The van der Waals surface area contributed by atoms with Crippen molar-refractivity contribution in [3.05, 3.63) is 41.3 Å². The number of esters is 1. The predicted octanol–water partition coefficient (Wildman–Crippen LogP) is 3.87. The van der Waals surface area contributed by atoms with E-state index >= 15 is 0 Å². The van der Waals surface area contributed by atoms with Crippen LogP contribution in [0, 0.1) is 0 Å². The molecule has 1 aromatic heterocycles. The molecule has 1 aromatic carbocycles. The van der Waals surface area contributed by atoms with E-state index < -0.39 is 0 Å². The average molecular weight is 246 g/mol. The number of hydrogen-bond donors (Lipinski definition) is 0. The minimum atomic E-state index is -0.179. The van der Waals surface area contributed by atoms with Gasteiger partial charge in [-0.3, -0.25) is 4.79 Å². The molecule has 3 heteroatoms. The first kappa shape index (κ1) is 11.9. The fourth-order valence-electron chi connectivity index (χ4n) is 1.66. The molecule has 0 N–H and O–H groups in total. The van der Waals surface area contributed by atoms with E-state index in [0.29, 0.717) is 13.0 Å². The summed E-state index contributed by atoms with van der Waals surface area (Å²) >= 11 is 1.72. The van der Waals surface area contributed by atoms with Gasteiger partial charge in [0.25, 0.3) is 0 Å². The highest BCUT2D eigenvalue weighted by Crippen LogP contribution is 2.24. The summed E-state index contributed by atoms with van der Waals surface area (Å²) in [4.78, 5) is 11.2. The van der Waals surface area contributed by atoms with Crippen LogP contribution in [0.3, 0.4) is 0 Å². The van der Waals surface area contributed by atoms with Crippen LogP contribution in [-0.4, -0.2) is 12.6 Å². The van der Waals surface area contributed by atoms with Crippen LogP contribution in [0.4, 0.5) is 0 Å². The first-order valence-corrected chi connectivity index (χ1v) is 6.47. The highest BCUT2D eigenvalue weighted by molar-refractivity contribution is 7.17. The molecule has 0 aliphatic heterocycles. The van der Waals surface area contributed by atoms with Gasteiger partial charge < -0.3 is 4.74 Å². The van der Waals surface area contributed by atoms with Crippen molar-refractivity contribution in [3.63, 3.8) is 0 Å². The molecule has 2 aromatic rings. The van der Waals surface area contributed by atoms with Crippen LogP contribution in [0.2, 0.25) is 0 Å². The summed E-state index contributed by atoms with van der Waals surface area (Å²) in [5, 5.41) is 3.31. The molecule has 2 rings (SSSR count). The van der Waals surface area contributed by atoms with Crippen LogP contribution in [0.5, 0.6) is 0 Å². The van der Waals surface area contributed by atoms with E-state index in [9.17, 15) is 4.79 Å². The second kappa shape index (κ2) is 5.64. The molecule has 0 unspecified atom stereocenters. The molecule has 17 heavy (non-hydrogen) atoms. The zero-order valence-electron chi connectivity index (χ0n) is 9.68. The van der Waals surface area contributed by atoms with Gasteiger partial charge >= 0.3 is 5.97 Å². The molecule has 1 heterocycles. The van der Waals surface area contributed by atoms with E-state index in [1.165, 1.54) is 10.1 Å². The van der Waals surface area contributed by atoms with Gasteiger partial charge in [-0.15, -0.1) is 11.3 Å². The second-order valence-electron chi connectivity index (χ2n) is 3.59. The second-order valence-corrected chi connectivity index (χ2v) is 4.54. The van der Waals surface area contributed by atoms with Gasteiger partial charge in [-0.25, -0.2) is 0 Å². The number of ether oxygens (including phenoxy) is 1. The lowest BCUT2D eigenvalue weighted by Gasteiger charge is -1.98. The topological polar surface area (TPSA) is 26.3 Å². The molecule has 0 aliphatic carbocycles. The molecule has 0 amide bonds. The standard InChI is InChI=1S/C14H14O2S/c1-2-16-14(15)8-4-6-11-5-3-7-13-12(11)9-10-17-13/h3-7,9-10H,2,8H2,1H3. The Balaban J connectivity index is 2.10. The summed E-state index contributed by atoms with van der Waals surface area (Å²) < 4.78 is 6.13. The van der Waals surface area contributed by atoms with Crippen LogP contribution < -0.4 is 0 Å². The normalized spacial score (nSPS) is 11.1. The van der Waals surface area contributed by atoms with E-state index in [-0.39, 0.29) is 5.97 Å². The van der Waals surface area contributed by atoms with Gasteiger partial charge in [0.2, 0.25) is 0 Å². The summed E-state index contributed by atoms with van der Waals surface area (Å²) in [6.07, 6.45) is 4.16. The first-order valence-electron chi connectivity index (χ1n) is 5.59. The van der Waals surface area contributed by atoms with Crippen molar-refractivity contribution in [2.45, 2.75) is 13.3 Å². The van der Waals surface area contributed by atoms with Crippen molar-refractivity contribution in [2.75, 3.05) is 6.61 Å². The number of rotatable bonds is 4. The maximum absolute atomic E-state index is 11.2. The van der Waals surface area contributed by atoms with Crippen LogP contribution in [0.15, 0.2) is 35.7 Å². The van der Waals surface area contributed by atoms with E-state index in [4.69, 9.17) is 4.74 Å². The monoisotopic (exact) mass is 246 g/mol. The van der Waals surface area contributed by atoms with Crippen LogP contribution in [-0.2, 0) is 9.53 Å². The maximum Gasteiger partial charge on any atom is 0.309 e. The zero-order valence-corrected chi connectivity index (χ0v) is 10.5. The van der Waals surface area contributed by atoms with Crippen molar-refractivity contribution in [2.24, 2.45) is 0 Å². The quantitative estimate of drug-likeness (QED) is 0.765. The average Bonchev–Trinajstić information content (AvgIpc) is 2.78. The van der Waals surface area contributed by atoms with Gasteiger partial charge in [0.1, 0.15) is 0 Å². The summed E-state index contributed by atoms with van der Waals surface area (Å²) in [6.45, 7) is 2.25. The Morgan fingerprint density at radius 1 is 1.41 bits per heavy atom. The minimum absolute atomic E-state index is 0.179. The SMILES string of the molecule is CCOC(=O)CC=Cc1cccc2sccc12. The highest BCUT2D eigenvalue weighted by Gasteiger charge is 1.99. The largest absolute Gasteiger partial charge is 0.466 e. The van der Waals surface area contributed by atoms with Gasteiger partial charge in [-0.1, -0.05) is 24.3 Å². The van der Waals surface area contributed by atoms with Crippen molar-refractivity contribution in [3.8, 4) is 0 Å². The molecule has 0 spiro atoms. The van der Waals surface area contributed by atoms with Gasteiger partial charge in [0, 0.05) is 4.70 Å². The Kier molecular flexibility index (Phi) is 3.94. The highest BCUT2D eigenvalue weighted by atomic mass is 32.1. The van der Waals surface area contributed by atoms with Crippen LogP contribution in [0.25, 0.3) is 16.2 Å². The van der Waals surface area contributed by atoms with Crippen LogP contribution in [0.1, 0.15) is 18.9 Å².